The number of carboxylic acids is 2. The van der Waals surface area contributed by atoms with E-state index in [1.807, 2.05) is 0 Å². The van der Waals surface area contributed by atoms with Gasteiger partial charge in [-0.1, -0.05) is 0 Å². The fraction of sp³-hybridized carbons (Fsp3) is 0. The molecular weight excluding hydrogens is 250 g/mol. The van der Waals surface area contributed by atoms with Gasteiger partial charge in [-0.3, -0.25) is 0 Å². The molecule has 0 heterocycles. The van der Waals surface area contributed by atoms with Crippen LogP contribution >= 0.6 is 0 Å². The van der Waals surface area contributed by atoms with Gasteiger partial charge in [0.05, 0.1) is 16.8 Å². The highest BCUT2D eigenvalue weighted by molar-refractivity contribution is 5.98. The Morgan fingerprint density at radius 3 is 2.26 bits per heavy atom. The molecule has 1 aromatic rings. The molecule has 0 aromatic heterocycles. The summed E-state index contributed by atoms with van der Waals surface area (Å²) in [5, 5.41) is 37.3. The molecular formula is C12H7N3O4. The maximum Gasteiger partial charge on any atom is 0.337 e. The van der Waals surface area contributed by atoms with Crippen LogP contribution in [0.1, 0.15) is 20.7 Å². The zero-order chi connectivity index (χ0) is 14.4. The third-order valence-corrected chi connectivity index (χ3v) is 2.11. The number of benzene rings is 1. The minimum Gasteiger partial charge on any atom is -0.478 e. The zero-order valence-electron chi connectivity index (χ0n) is 9.41. The van der Waals surface area contributed by atoms with E-state index in [2.05, 4.69) is 5.32 Å². The number of nitriles is 2. The summed E-state index contributed by atoms with van der Waals surface area (Å²) >= 11 is 0. The van der Waals surface area contributed by atoms with E-state index >= 15 is 0 Å². The van der Waals surface area contributed by atoms with Crippen LogP contribution in [0.3, 0.4) is 0 Å². The van der Waals surface area contributed by atoms with Gasteiger partial charge in [0.15, 0.2) is 0 Å². The van der Waals surface area contributed by atoms with Gasteiger partial charge in [-0.05, 0) is 18.2 Å². The maximum absolute atomic E-state index is 11.0. The smallest absolute Gasteiger partial charge is 0.337 e. The molecule has 0 radical (unpaired) electrons. The second-order valence-electron chi connectivity index (χ2n) is 3.30. The van der Waals surface area contributed by atoms with Gasteiger partial charge in [-0.15, -0.1) is 0 Å². The van der Waals surface area contributed by atoms with Crippen LogP contribution in [0.5, 0.6) is 0 Å². The predicted octanol–water partition coefficient (Wildman–Crippen LogP) is 1.43. The molecule has 1 rings (SSSR count). The van der Waals surface area contributed by atoms with Crippen molar-refractivity contribution in [1.29, 1.82) is 10.5 Å². The first-order valence-corrected chi connectivity index (χ1v) is 4.87. The van der Waals surface area contributed by atoms with Gasteiger partial charge in [0.25, 0.3) is 0 Å². The summed E-state index contributed by atoms with van der Waals surface area (Å²) in [4.78, 5) is 21.7. The molecule has 0 atom stereocenters. The quantitative estimate of drug-likeness (QED) is 0.694. The lowest BCUT2D eigenvalue weighted by atomic mass is 10.1. The molecule has 0 amide bonds. The topological polar surface area (TPSA) is 134 Å². The molecule has 94 valence electrons. The molecule has 19 heavy (non-hydrogen) atoms. The first-order valence-electron chi connectivity index (χ1n) is 4.87. The first-order chi connectivity index (χ1) is 8.99. The zero-order valence-corrected chi connectivity index (χ0v) is 9.41. The van der Waals surface area contributed by atoms with Gasteiger partial charge < -0.3 is 15.5 Å². The Morgan fingerprint density at radius 1 is 1.16 bits per heavy atom. The molecule has 7 heteroatoms. The van der Waals surface area contributed by atoms with Crippen molar-refractivity contribution >= 4 is 17.6 Å². The molecule has 0 saturated heterocycles. The monoisotopic (exact) mass is 257 g/mol. The van der Waals surface area contributed by atoms with Crippen molar-refractivity contribution in [1.82, 2.24) is 0 Å². The number of nitrogens with one attached hydrogen (secondary N) is 1. The van der Waals surface area contributed by atoms with Gasteiger partial charge in [-0.2, -0.15) is 10.5 Å². The third-order valence-electron chi connectivity index (χ3n) is 2.11. The number of carbonyl (C=O) groups is 2. The third kappa shape index (κ3) is 3.32. The summed E-state index contributed by atoms with van der Waals surface area (Å²) in [6.07, 6.45) is 1.04. The average molecular weight is 257 g/mol. The number of aromatic carboxylic acids is 2. The van der Waals surface area contributed by atoms with E-state index in [0.717, 1.165) is 12.3 Å². The predicted molar refractivity (Wildman–Crippen MR) is 63.3 cm³/mol. The van der Waals surface area contributed by atoms with Gasteiger partial charge in [-0.25, -0.2) is 9.59 Å². The van der Waals surface area contributed by atoms with Crippen LogP contribution in [0.2, 0.25) is 0 Å². The highest BCUT2D eigenvalue weighted by atomic mass is 16.4. The van der Waals surface area contributed by atoms with Crippen molar-refractivity contribution in [3.05, 3.63) is 41.1 Å². The molecule has 0 bridgehead atoms. The highest BCUT2D eigenvalue weighted by Gasteiger charge is 2.13. The Balaban J connectivity index is 3.19. The average Bonchev–Trinajstić information content (AvgIpc) is 2.39. The van der Waals surface area contributed by atoms with Crippen LogP contribution in [0, 0.1) is 22.7 Å². The van der Waals surface area contributed by atoms with Gasteiger partial charge in [0.1, 0.15) is 17.7 Å². The number of allylic oxidation sites excluding steroid dienone is 1. The Kier molecular flexibility index (Phi) is 4.23. The summed E-state index contributed by atoms with van der Waals surface area (Å²) in [6.45, 7) is 0. The number of hydrogen-bond acceptors (Lipinski definition) is 5. The maximum atomic E-state index is 11.0. The summed E-state index contributed by atoms with van der Waals surface area (Å²) in [5.74, 6) is -2.58. The van der Waals surface area contributed by atoms with Crippen LogP contribution in [0.4, 0.5) is 5.69 Å². The SMILES string of the molecule is N#CC(C#N)=CNc1ccc(C(=O)O)cc1C(=O)O. The highest BCUT2D eigenvalue weighted by Crippen LogP contribution is 2.18. The fourth-order valence-electron chi connectivity index (χ4n) is 1.22. The summed E-state index contributed by atoms with van der Waals surface area (Å²) in [5.41, 5.74) is -0.599. The number of anilines is 1. The van der Waals surface area contributed by atoms with E-state index in [0.29, 0.717) is 0 Å². The normalized spacial score (nSPS) is 8.74. The summed E-state index contributed by atoms with van der Waals surface area (Å²) < 4.78 is 0. The second-order valence-corrected chi connectivity index (χ2v) is 3.30. The minimum atomic E-state index is -1.32. The Labute approximate surface area is 107 Å². The summed E-state index contributed by atoms with van der Waals surface area (Å²) in [6, 6.07) is 6.64. The van der Waals surface area contributed by atoms with Crippen molar-refractivity contribution in [2.75, 3.05) is 5.32 Å². The standard InChI is InChI=1S/C12H7N3O4/c13-4-7(5-14)6-15-10-2-1-8(11(16)17)3-9(10)12(18)19/h1-3,6,15H,(H,16,17)(H,18,19). The first kappa shape index (κ1) is 13.7. The number of nitrogens with zero attached hydrogens (tertiary/aromatic N) is 2. The lowest BCUT2D eigenvalue weighted by molar-refractivity contribution is 0.0696. The largest absolute Gasteiger partial charge is 0.478 e. The molecule has 0 fully saturated rings. The van der Waals surface area contributed by atoms with Crippen LogP contribution in [0.25, 0.3) is 0 Å². The van der Waals surface area contributed by atoms with E-state index in [4.69, 9.17) is 20.7 Å². The Hall–Kier alpha value is -3.32. The summed E-state index contributed by atoms with van der Waals surface area (Å²) in [7, 11) is 0. The van der Waals surface area contributed by atoms with E-state index < -0.39 is 11.9 Å². The van der Waals surface area contributed by atoms with Crippen LogP contribution in [0.15, 0.2) is 30.0 Å². The molecule has 3 N–H and O–H groups in total. The van der Waals surface area contributed by atoms with Crippen LogP contribution in [-0.2, 0) is 0 Å². The van der Waals surface area contributed by atoms with Crippen molar-refractivity contribution in [2.45, 2.75) is 0 Å². The number of carboxylic acid groups (broad SMARTS) is 2. The molecule has 1 aromatic carbocycles. The lowest BCUT2D eigenvalue weighted by Crippen LogP contribution is -2.06. The molecule has 0 aliphatic heterocycles. The lowest BCUT2D eigenvalue weighted by Gasteiger charge is -2.06. The fourth-order valence-corrected chi connectivity index (χ4v) is 1.22. The minimum absolute atomic E-state index is 0.0838. The molecule has 0 saturated carbocycles. The van der Waals surface area contributed by atoms with Gasteiger partial charge >= 0.3 is 11.9 Å². The number of hydrogen-bond donors (Lipinski definition) is 3. The Morgan fingerprint density at radius 2 is 1.79 bits per heavy atom. The van der Waals surface area contributed by atoms with Crippen molar-refractivity contribution in [3.8, 4) is 12.1 Å². The Bertz CT molecular complexity index is 634. The van der Waals surface area contributed by atoms with Crippen molar-refractivity contribution < 1.29 is 19.8 Å². The second kappa shape index (κ2) is 5.84. The van der Waals surface area contributed by atoms with E-state index in [-0.39, 0.29) is 22.4 Å². The van der Waals surface area contributed by atoms with Crippen molar-refractivity contribution in [2.24, 2.45) is 0 Å². The van der Waals surface area contributed by atoms with Gasteiger partial charge in [0, 0.05) is 6.20 Å². The molecule has 0 unspecified atom stereocenters. The molecule has 7 nitrogen and oxygen atoms in total. The molecule has 0 spiro atoms. The van der Waals surface area contributed by atoms with Crippen LogP contribution < -0.4 is 5.32 Å². The van der Waals surface area contributed by atoms with E-state index in [1.54, 1.807) is 12.1 Å². The van der Waals surface area contributed by atoms with Crippen molar-refractivity contribution in [3.63, 3.8) is 0 Å². The van der Waals surface area contributed by atoms with Crippen LogP contribution in [-0.4, -0.2) is 22.2 Å². The molecule has 0 aliphatic carbocycles. The van der Waals surface area contributed by atoms with Gasteiger partial charge in [0.2, 0.25) is 0 Å². The molecule has 0 aliphatic rings. The van der Waals surface area contributed by atoms with E-state index in [9.17, 15) is 9.59 Å². The number of rotatable bonds is 4. The van der Waals surface area contributed by atoms with E-state index in [1.165, 1.54) is 12.1 Å².